The van der Waals surface area contributed by atoms with Gasteiger partial charge in [-0.05, 0) is 59.8 Å². The number of hydrogen-bond donors (Lipinski definition) is 0. The Hall–Kier alpha value is -1.84. The van der Waals surface area contributed by atoms with E-state index in [-0.39, 0.29) is 11.1 Å². The van der Waals surface area contributed by atoms with Gasteiger partial charge >= 0.3 is 0 Å². The van der Waals surface area contributed by atoms with Crippen molar-refractivity contribution in [2.45, 2.75) is 110 Å². The van der Waals surface area contributed by atoms with Gasteiger partial charge < -0.3 is 0 Å². The van der Waals surface area contributed by atoms with Crippen molar-refractivity contribution in [1.82, 2.24) is 0 Å². The van der Waals surface area contributed by atoms with Crippen molar-refractivity contribution in [3.63, 3.8) is 0 Å². The summed E-state index contributed by atoms with van der Waals surface area (Å²) in [5, 5.41) is 0. The molecule has 0 amide bonds. The minimum absolute atomic E-state index is 0.0867. The highest BCUT2D eigenvalue weighted by Crippen LogP contribution is 2.43. The zero-order valence-electron chi connectivity index (χ0n) is 21.4. The zero-order valence-corrected chi connectivity index (χ0v) is 21.4. The summed E-state index contributed by atoms with van der Waals surface area (Å²) in [4.78, 5) is 0. The molecular formula is C31H40F4. The van der Waals surface area contributed by atoms with Gasteiger partial charge in [-0.2, -0.15) is 0 Å². The van der Waals surface area contributed by atoms with Crippen molar-refractivity contribution in [1.29, 1.82) is 0 Å². The number of rotatable bonds is 11. The SMILES string of the molecule is CCCCCC1CCC(CCCCc2cc3c(c(F)c2F)-c2c(cc(CCC)c(F)c2F)C3)CC1. The van der Waals surface area contributed by atoms with E-state index in [1.807, 2.05) is 6.92 Å². The highest BCUT2D eigenvalue weighted by molar-refractivity contribution is 5.79. The largest absolute Gasteiger partial charge is 0.203 e. The molecule has 0 heterocycles. The lowest BCUT2D eigenvalue weighted by atomic mass is 9.78. The van der Waals surface area contributed by atoms with E-state index < -0.39 is 23.3 Å². The van der Waals surface area contributed by atoms with Gasteiger partial charge in [0.25, 0.3) is 0 Å². The third kappa shape index (κ3) is 5.78. The van der Waals surface area contributed by atoms with Crippen molar-refractivity contribution < 1.29 is 17.6 Å². The maximum Gasteiger partial charge on any atom is 0.167 e. The monoisotopic (exact) mass is 488 g/mol. The van der Waals surface area contributed by atoms with Gasteiger partial charge in [0.05, 0.1) is 0 Å². The van der Waals surface area contributed by atoms with E-state index in [0.29, 0.717) is 47.9 Å². The molecule has 35 heavy (non-hydrogen) atoms. The van der Waals surface area contributed by atoms with Crippen LogP contribution in [0.5, 0.6) is 0 Å². The molecule has 4 rings (SSSR count). The van der Waals surface area contributed by atoms with Crippen molar-refractivity contribution in [3.8, 4) is 11.1 Å². The fraction of sp³-hybridized carbons (Fsp3) is 0.613. The summed E-state index contributed by atoms with van der Waals surface area (Å²) in [5.74, 6) is -2.24. The molecule has 0 bridgehead atoms. The Balaban J connectivity index is 1.34. The molecule has 0 aromatic heterocycles. The number of hydrogen-bond acceptors (Lipinski definition) is 0. The molecule has 0 saturated heterocycles. The van der Waals surface area contributed by atoms with Crippen LogP contribution in [-0.4, -0.2) is 0 Å². The van der Waals surface area contributed by atoms with Crippen molar-refractivity contribution in [2.24, 2.45) is 11.8 Å². The fourth-order valence-corrected chi connectivity index (χ4v) is 6.37. The minimum atomic E-state index is -1.05. The lowest BCUT2D eigenvalue weighted by Crippen LogP contribution is -2.14. The molecule has 2 aliphatic carbocycles. The topological polar surface area (TPSA) is 0 Å². The Morgan fingerprint density at radius 1 is 0.600 bits per heavy atom. The van der Waals surface area contributed by atoms with Crippen LogP contribution < -0.4 is 0 Å². The van der Waals surface area contributed by atoms with Crippen LogP contribution in [0.4, 0.5) is 17.6 Å². The first-order valence-electron chi connectivity index (χ1n) is 13.9. The van der Waals surface area contributed by atoms with Crippen molar-refractivity contribution in [3.05, 3.63) is 57.7 Å². The van der Waals surface area contributed by atoms with Gasteiger partial charge in [-0.25, -0.2) is 17.6 Å². The van der Waals surface area contributed by atoms with Gasteiger partial charge in [-0.3, -0.25) is 0 Å². The molecule has 0 atom stereocenters. The Labute approximate surface area is 208 Å². The highest BCUT2D eigenvalue weighted by Gasteiger charge is 2.31. The van der Waals surface area contributed by atoms with Gasteiger partial charge in [-0.1, -0.05) is 96.6 Å². The van der Waals surface area contributed by atoms with E-state index in [2.05, 4.69) is 6.92 Å². The van der Waals surface area contributed by atoms with Crippen LogP contribution in [0.15, 0.2) is 12.1 Å². The minimum Gasteiger partial charge on any atom is -0.203 e. The van der Waals surface area contributed by atoms with Crippen LogP contribution in [0, 0.1) is 35.1 Å². The van der Waals surface area contributed by atoms with Gasteiger partial charge in [0.1, 0.15) is 0 Å². The van der Waals surface area contributed by atoms with Gasteiger partial charge in [-0.15, -0.1) is 0 Å². The first kappa shape index (κ1) is 26.2. The van der Waals surface area contributed by atoms with E-state index in [1.165, 1.54) is 51.4 Å². The van der Waals surface area contributed by atoms with Crippen LogP contribution >= 0.6 is 0 Å². The maximum atomic E-state index is 15.1. The molecular weight excluding hydrogens is 448 g/mol. The molecule has 0 spiro atoms. The summed E-state index contributed by atoms with van der Waals surface area (Å²) in [6.45, 7) is 4.16. The quantitative estimate of drug-likeness (QED) is 0.186. The molecule has 0 nitrogen and oxygen atoms in total. The second-order valence-electron chi connectivity index (χ2n) is 11.0. The number of aryl methyl sites for hydroxylation is 2. The zero-order chi connectivity index (χ0) is 24.9. The van der Waals surface area contributed by atoms with Crippen LogP contribution in [0.3, 0.4) is 0 Å². The molecule has 192 valence electrons. The predicted octanol–water partition coefficient (Wildman–Crippen LogP) is 9.87. The summed E-state index contributed by atoms with van der Waals surface area (Å²) in [7, 11) is 0. The second kappa shape index (κ2) is 11.9. The molecule has 0 aliphatic heterocycles. The average molecular weight is 489 g/mol. The standard InChI is InChI=1S/C31H40F4/c1-3-5-6-10-20-13-15-21(16-14-20)11-7-8-12-23-18-25-19-24-17-22(9-4-2)28(32)30(34)26(24)27(25)31(35)29(23)33/h17-18,20-21H,3-16,19H2,1-2H3. The summed E-state index contributed by atoms with van der Waals surface area (Å²) < 4.78 is 59.4. The third-order valence-electron chi connectivity index (χ3n) is 8.37. The van der Waals surface area contributed by atoms with Crippen LogP contribution in [0.25, 0.3) is 11.1 Å². The fourth-order valence-electron chi connectivity index (χ4n) is 6.37. The molecule has 1 saturated carbocycles. The lowest BCUT2D eigenvalue weighted by Gasteiger charge is -2.28. The highest BCUT2D eigenvalue weighted by atomic mass is 19.2. The van der Waals surface area contributed by atoms with Gasteiger partial charge in [0, 0.05) is 11.1 Å². The number of halogens is 4. The second-order valence-corrected chi connectivity index (χ2v) is 11.0. The molecule has 4 heteroatoms. The lowest BCUT2D eigenvalue weighted by molar-refractivity contribution is 0.245. The van der Waals surface area contributed by atoms with Crippen LogP contribution in [-0.2, 0) is 19.3 Å². The number of unbranched alkanes of at least 4 members (excludes halogenated alkanes) is 3. The Morgan fingerprint density at radius 3 is 1.57 bits per heavy atom. The van der Waals surface area contributed by atoms with Gasteiger partial charge in [0.15, 0.2) is 23.3 Å². The molecule has 0 radical (unpaired) electrons. The van der Waals surface area contributed by atoms with E-state index in [1.54, 1.807) is 12.1 Å². The number of benzene rings is 2. The smallest absolute Gasteiger partial charge is 0.167 e. The molecule has 0 unspecified atom stereocenters. The molecule has 1 fully saturated rings. The maximum absolute atomic E-state index is 15.1. The van der Waals surface area contributed by atoms with Crippen LogP contribution in [0.1, 0.15) is 113 Å². The molecule has 0 N–H and O–H groups in total. The third-order valence-corrected chi connectivity index (χ3v) is 8.37. The van der Waals surface area contributed by atoms with Crippen molar-refractivity contribution >= 4 is 0 Å². The first-order valence-corrected chi connectivity index (χ1v) is 13.9. The Bertz CT molecular complexity index is 1020. The normalized spacial score (nSPS) is 19.1. The molecule has 2 aliphatic rings. The molecule has 2 aromatic carbocycles. The summed E-state index contributed by atoms with van der Waals surface area (Å²) >= 11 is 0. The Kier molecular flexibility index (Phi) is 8.94. The first-order chi connectivity index (χ1) is 16.9. The summed E-state index contributed by atoms with van der Waals surface area (Å²) in [6, 6.07) is 3.32. The Morgan fingerprint density at radius 2 is 1.09 bits per heavy atom. The van der Waals surface area contributed by atoms with Crippen molar-refractivity contribution in [2.75, 3.05) is 0 Å². The van der Waals surface area contributed by atoms with E-state index >= 15 is 4.39 Å². The van der Waals surface area contributed by atoms with Crippen LogP contribution in [0.2, 0.25) is 0 Å². The number of fused-ring (bicyclic) bond motifs is 3. The van der Waals surface area contributed by atoms with Gasteiger partial charge in [0.2, 0.25) is 0 Å². The van der Waals surface area contributed by atoms with E-state index in [0.717, 1.165) is 31.1 Å². The van der Waals surface area contributed by atoms with E-state index in [9.17, 15) is 13.2 Å². The average Bonchev–Trinajstić information content (AvgIpc) is 3.22. The molecule has 2 aromatic rings. The summed E-state index contributed by atoms with van der Waals surface area (Å²) in [5.41, 5.74) is 1.63. The predicted molar refractivity (Wildman–Crippen MR) is 136 cm³/mol. The summed E-state index contributed by atoms with van der Waals surface area (Å²) in [6.07, 6.45) is 15.6. The van der Waals surface area contributed by atoms with E-state index in [4.69, 9.17) is 0 Å².